The van der Waals surface area contributed by atoms with E-state index < -0.39 is 0 Å². The van der Waals surface area contributed by atoms with Gasteiger partial charge in [0.05, 0.1) is 6.04 Å². The molecule has 0 heterocycles. The summed E-state index contributed by atoms with van der Waals surface area (Å²) in [5, 5.41) is 7.22. The Morgan fingerprint density at radius 1 is 0.939 bits per heavy atom. The van der Waals surface area contributed by atoms with Crippen LogP contribution in [0.25, 0.3) is 0 Å². The summed E-state index contributed by atoms with van der Waals surface area (Å²) in [5.74, 6) is -0.000276. The van der Waals surface area contributed by atoms with Gasteiger partial charge in [-0.3, -0.25) is 4.79 Å². The summed E-state index contributed by atoms with van der Waals surface area (Å²) in [4.78, 5) is 13.0. The van der Waals surface area contributed by atoms with Crippen molar-refractivity contribution < 1.29 is 4.79 Å². The number of rotatable bonds is 6. The first kappa shape index (κ1) is 24.7. The topological polar surface area (TPSA) is 41.1 Å². The third-order valence-corrected chi connectivity index (χ3v) is 6.13. The van der Waals surface area contributed by atoms with E-state index in [1.54, 1.807) is 0 Å². The Morgan fingerprint density at radius 2 is 1.64 bits per heavy atom. The summed E-state index contributed by atoms with van der Waals surface area (Å²) in [6.07, 6.45) is 0.912. The Hall–Kier alpha value is -2.98. The van der Waals surface area contributed by atoms with Gasteiger partial charge in [-0.05, 0) is 66.7 Å². The number of carbonyl (C=O) groups is 1. The average molecular weight is 459 g/mol. The van der Waals surface area contributed by atoms with E-state index in [9.17, 15) is 4.79 Å². The van der Waals surface area contributed by atoms with Crippen molar-refractivity contribution in [3.8, 4) is 0 Å². The van der Waals surface area contributed by atoms with E-state index in [-0.39, 0.29) is 17.2 Å². The average Bonchev–Trinajstić information content (AvgIpc) is 2.77. The van der Waals surface area contributed by atoms with E-state index in [2.05, 4.69) is 70.4 Å². The third-order valence-electron chi connectivity index (χ3n) is 5.91. The highest BCUT2D eigenvalue weighted by atomic mass is 32.1. The molecular weight excluding hydrogens is 424 g/mol. The molecule has 0 saturated heterocycles. The summed E-state index contributed by atoms with van der Waals surface area (Å²) in [6, 6.07) is 22.0. The molecular formula is C29H34N2OS. The SMILES string of the molecule is CC[C@@H](NC(=S)Nc1cccc(C(=O)c2ccc(C(C)(C)C)cc2)c1)c1ccc(C)cc1C. The molecule has 0 aliphatic heterocycles. The molecule has 1 atom stereocenters. The first-order chi connectivity index (χ1) is 15.6. The van der Waals surface area contributed by atoms with Crippen molar-refractivity contribution in [3.05, 3.63) is 100 Å². The number of hydrogen-bond acceptors (Lipinski definition) is 2. The molecule has 0 aromatic heterocycles. The predicted molar refractivity (Wildman–Crippen MR) is 143 cm³/mol. The maximum Gasteiger partial charge on any atom is 0.193 e. The quantitative estimate of drug-likeness (QED) is 0.301. The Morgan fingerprint density at radius 3 is 2.24 bits per heavy atom. The number of nitrogens with one attached hydrogen (secondary N) is 2. The van der Waals surface area contributed by atoms with Crippen LogP contribution in [0.3, 0.4) is 0 Å². The molecule has 0 amide bonds. The highest BCUT2D eigenvalue weighted by Crippen LogP contribution is 2.24. The minimum absolute atomic E-state index is 0.000276. The van der Waals surface area contributed by atoms with E-state index in [1.165, 1.54) is 22.3 Å². The summed E-state index contributed by atoms with van der Waals surface area (Å²) < 4.78 is 0. The van der Waals surface area contributed by atoms with Crippen molar-refractivity contribution in [2.75, 3.05) is 5.32 Å². The maximum atomic E-state index is 13.0. The number of benzene rings is 3. The lowest BCUT2D eigenvalue weighted by atomic mass is 9.86. The van der Waals surface area contributed by atoms with Gasteiger partial charge in [-0.15, -0.1) is 0 Å². The molecule has 0 aliphatic rings. The number of aryl methyl sites for hydroxylation is 2. The minimum Gasteiger partial charge on any atom is -0.356 e. The molecule has 3 rings (SSSR count). The number of carbonyl (C=O) groups excluding carboxylic acids is 1. The molecule has 3 nitrogen and oxygen atoms in total. The van der Waals surface area contributed by atoms with Gasteiger partial charge >= 0.3 is 0 Å². The van der Waals surface area contributed by atoms with Gasteiger partial charge in [0.1, 0.15) is 0 Å². The zero-order valence-corrected chi connectivity index (χ0v) is 21.3. The van der Waals surface area contributed by atoms with Gasteiger partial charge < -0.3 is 10.6 Å². The predicted octanol–water partition coefficient (Wildman–Crippen LogP) is 7.27. The van der Waals surface area contributed by atoms with Crippen molar-refractivity contribution in [1.29, 1.82) is 0 Å². The maximum absolute atomic E-state index is 13.0. The van der Waals surface area contributed by atoms with Crippen molar-refractivity contribution in [2.45, 2.75) is 59.4 Å². The second-order valence-corrected chi connectivity index (χ2v) is 10.1. The molecule has 0 unspecified atom stereocenters. The molecule has 2 N–H and O–H groups in total. The molecule has 3 aromatic carbocycles. The lowest BCUT2D eigenvalue weighted by Crippen LogP contribution is -2.32. The molecule has 3 aromatic rings. The van der Waals surface area contributed by atoms with Crippen LogP contribution in [0, 0.1) is 13.8 Å². The Bertz CT molecular complexity index is 1140. The van der Waals surface area contributed by atoms with Crippen LogP contribution >= 0.6 is 12.2 Å². The Kier molecular flexibility index (Phi) is 7.70. The van der Waals surface area contributed by atoms with Gasteiger partial charge in [-0.1, -0.05) is 87.9 Å². The number of ketones is 1. The second-order valence-electron chi connectivity index (χ2n) is 9.66. The minimum atomic E-state index is -0.000276. The Labute approximate surface area is 203 Å². The second kappa shape index (κ2) is 10.3. The standard InChI is InChI=1S/C29H34N2OS/c1-7-26(25-16-11-19(2)17-20(25)3)31-28(33)30-24-10-8-9-22(18-24)27(32)21-12-14-23(15-13-21)29(4,5)6/h8-18,26H,7H2,1-6H3,(H2,30,31,33)/t26-/m1/s1. The lowest BCUT2D eigenvalue weighted by Gasteiger charge is -2.22. The van der Waals surface area contributed by atoms with Crippen molar-refractivity contribution >= 4 is 28.8 Å². The molecule has 0 bridgehead atoms. The molecule has 0 aliphatic carbocycles. The first-order valence-electron chi connectivity index (χ1n) is 11.5. The van der Waals surface area contributed by atoms with Crippen LogP contribution < -0.4 is 10.6 Å². The first-order valence-corrected chi connectivity index (χ1v) is 11.9. The van der Waals surface area contributed by atoms with Crippen LogP contribution in [0.5, 0.6) is 0 Å². The smallest absolute Gasteiger partial charge is 0.193 e. The largest absolute Gasteiger partial charge is 0.356 e. The fourth-order valence-corrected chi connectivity index (χ4v) is 4.23. The van der Waals surface area contributed by atoms with Crippen LogP contribution in [0.15, 0.2) is 66.7 Å². The number of anilines is 1. The van der Waals surface area contributed by atoms with E-state index >= 15 is 0 Å². The van der Waals surface area contributed by atoms with Gasteiger partial charge in [-0.25, -0.2) is 0 Å². The van der Waals surface area contributed by atoms with E-state index in [1.807, 2.05) is 48.5 Å². The fourth-order valence-electron chi connectivity index (χ4n) is 3.97. The number of hydrogen-bond donors (Lipinski definition) is 2. The van der Waals surface area contributed by atoms with E-state index in [4.69, 9.17) is 12.2 Å². The normalized spacial score (nSPS) is 12.2. The highest BCUT2D eigenvalue weighted by Gasteiger charge is 2.16. The zero-order chi connectivity index (χ0) is 24.2. The fraction of sp³-hybridized carbons (Fsp3) is 0.310. The summed E-state index contributed by atoms with van der Waals surface area (Å²) in [7, 11) is 0. The van der Waals surface area contributed by atoms with Gasteiger partial charge in [0.25, 0.3) is 0 Å². The summed E-state index contributed by atoms with van der Waals surface area (Å²) >= 11 is 5.59. The molecule has 4 heteroatoms. The van der Waals surface area contributed by atoms with E-state index in [0.717, 1.165) is 12.1 Å². The molecule has 0 spiro atoms. The molecule has 0 radical (unpaired) electrons. The van der Waals surface area contributed by atoms with Crippen molar-refractivity contribution in [1.82, 2.24) is 5.32 Å². The van der Waals surface area contributed by atoms with Crippen LogP contribution in [-0.4, -0.2) is 10.9 Å². The lowest BCUT2D eigenvalue weighted by molar-refractivity contribution is 0.103. The Balaban J connectivity index is 1.71. The monoisotopic (exact) mass is 458 g/mol. The number of thiocarbonyl (C=S) groups is 1. The van der Waals surface area contributed by atoms with Crippen molar-refractivity contribution in [2.24, 2.45) is 0 Å². The third kappa shape index (κ3) is 6.29. The highest BCUT2D eigenvalue weighted by molar-refractivity contribution is 7.80. The van der Waals surface area contributed by atoms with Crippen LogP contribution in [-0.2, 0) is 5.41 Å². The zero-order valence-electron chi connectivity index (χ0n) is 20.5. The van der Waals surface area contributed by atoms with Gasteiger partial charge in [0.2, 0.25) is 0 Å². The van der Waals surface area contributed by atoms with Crippen LogP contribution in [0.4, 0.5) is 5.69 Å². The van der Waals surface area contributed by atoms with Crippen LogP contribution in [0.1, 0.15) is 78.3 Å². The summed E-state index contributed by atoms with van der Waals surface area (Å²) in [5.41, 5.74) is 7.12. The van der Waals surface area contributed by atoms with Gasteiger partial charge in [0.15, 0.2) is 10.9 Å². The summed E-state index contributed by atoms with van der Waals surface area (Å²) in [6.45, 7) is 12.9. The van der Waals surface area contributed by atoms with E-state index in [0.29, 0.717) is 16.2 Å². The molecule has 33 heavy (non-hydrogen) atoms. The molecule has 172 valence electrons. The molecule has 0 saturated carbocycles. The molecule has 0 fully saturated rings. The van der Waals surface area contributed by atoms with Crippen LogP contribution in [0.2, 0.25) is 0 Å². The van der Waals surface area contributed by atoms with Crippen molar-refractivity contribution in [3.63, 3.8) is 0 Å². The van der Waals surface area contributed by atoms with Gasteiger partial charge in [-0.2, -0.15) is 0 Å². The van der Waals surface area contributed by atoms with Gasteiger partial charge in [0, 0.05) is 16.8 Å².